The second-order valence-electron chi connectivity index (χ2n) is 7.99. The number of hydrogen-bond acceptors (Lipinski definition) is 3. The molecule has 5 rings (SSSR count). The van der Waals surface area contributed by atoms with Crippen LogP contribution in [0.5, 0.6) is 0 Å². The van der Waals surface area contributed by atoms with E-state index >= 15 is 0 Å². The van der Waals surface area contributed by atoms with E-state index in [-0.39, 0.29) is 5.52 Å². The van der Waals surface area contributed by atoms with Gasteiger partial charge in [0.1, 0.15) is 0 Å². The van der Waals surface area contributed by atoms with Crippen LogP contribution in [0.4, 0.5) is 18.9 Å². The van der Waals surface area contributed by atoms with Crippen molar-refractivity contribution >= 4 is 27.5 Å². The van der Waals surface area contributed by atoms with Crippen molar-refractivity contribution < 1.29 is 13.2 Å². The summed E-state index contributed by atoms with van der Waals surface area (Å²) in [5, 5.41) is 4.96. The highest BCUT2D eigenvalue weighted by Gasteiger charge is 2.33. The van der Waals surface area contributed by atoms with Gasteiger partial charge in [-0.25, -0.2) is 0 Å². The summed E-state index contributed by atoms with van der Waals surface area (Å²) in [5.74, 6) is 0. The van der Waals surface area contributed by atoms with Crippen LogP contribution in [0.1, 0.15) is 16.7 Å². The molecule has 0 radical (unpaired) electrons. The first kappa shape index (κ1) is 20.9. The minimum absolute atomic E-state index is 0.0359. The van der Waals surface area contributed by atoms with Gasteiger partial charge in [0.15, 0.2) is 0 Å². The number of rotatable bonds is 4. The van der Waals surface area contributed by atoms with E-state index in [1.165, 1.54) is 12.3 Å². The van der Waals surface area contributed by atoms with E-state index in [9.17, 15) is 13.2 Å². The molecule has 3 aromatic carbocycles. The van der Waals surface area contributed by atoms with Crippen molar-refractivity contribution in [1.29, 1.82) is 0 Å². The number of halogens is 3. The Labute approximate surface area is 188 Å². The Bertz CT molecular complexity index is 1480. The predicted octanol–water partition coefficient (Wildman–Crippen LogP) is 7.39. The van der Waals surface area contributed by atoms with Gasteiger partial charge in [0.2, 0.25) is 0 Å². The molecule has 1 N–H and O–H groups in total. The lowest BCUT2D eigenvalue weighted by atomic mass is 9.95. The van der Waals surface area contributed by atoms with Crippen molar-refractivity contribution in [3.63, 3.8) is 0 Å². The van der Waals surface area contributed by atoms with Crippen molar-refractivity contribution in [3.8, 4) is 11.1 Å². The summed E-state index contributed by atoms with van der Waals surface area (Å²) in [7, 11) is 0. The Balaban J connectivity index is 1.49. The molecule has 0 atom stereocenters. The standard InChI is InChI=1S/C27H20F3N3/c1-17-14-33-26-22(9-5-10-23(26)27(28,29)30)25(17)20-7-4-8-21(13-20)31-15-18-12-19-6-2-3-11-24(19)32-16-18/h2-14,16,31H,15H2,1H3. The zero-order valence-corrected chi connectivity index (χ0v) is 17.8. The molecule has 2 aromatic heterocycles. The van der Waals surface area contributed by atoms with Gasteiger partial charge in [0.05, 0.1) is 16.6 Å². The lowest BCUT2D eigenvalue weighted by Gasteiger charge is -2.15. The maximum absolute atomic E-state index is 13.5. The summed E-state index contributed by atoms with van der Waals surface area (Å²) in [6.07, 6.45) is -1.11. The number of pyridine rings is 2. The summed E-state index contributed by atoms with van der Waals surface area (Å²) in [6, 6.07) is 21.9. The number of nitrogens with one attached hydrogen (secondary N) is 1. The summed E-state index contributed by atoms with van der Waals surface area (Å²) < 4.78 is 40.6. The molecular weight excluding hydrogens is 423 g/mol. The van der Waals surface area contributed by atoms with Gasteiger partial charge in [-0.05, 0) is 59.5 Å². The Hall–Kier alpha value is -3.93. The number of aromatic nitrogens is 2. The highest BCUT2D eigenvalue weighted by molar-refractivity contribution is 5.98. The molecule has 0 aliphatic carbocycles. The Kier molecular flexibility index (Phi) is 5.21. The number of hydrogen-bond donors (Lipinski definition) is 1. The molecule has 164 valence electrons. The second-order valence-corrected chi connectivity index (χ2v) is 7.99. The molecule has 0 fully saturated rings. The lowest BCUT2D eigenvalue weighted by molar-refractivity contribution is -0.136. The van der Waals surface area contributed by atoms with E-state index in [0.717, 1.165) is 44.9 Å². The van der Waals surface area contributed by atoms with Crippen LogP contribution in [0.2, 0.25) is 0 Å². The van der Waals surface area contributed by atoms with Gasteiger partial charge in [-0.2, -0.15) is 13.2 Å². The van der Waals surface area contributed by atoms with Crippen molar-refractivity contribution in [2.24, 2.45) is 0 Å². The summed E-state index contributed by atoms with van der Waals surface area (Å²) >= 11 is 0. The number of para-hydroxylation sites is 2. The number of alkyl halides is 3. The summed E-state index contributed by atoms with van der Waals surface area (Å²) in [5.41, 5.74) is 4.50. The highest BCUT2D eigenvalue weighted by atomic mass is 19.4. The monoisotopic (exact) mass is 443 g/mol. The molecule has 3 nitrogen and oxygen atoms in total. The number of aryl methyl sites for hydroxylation is 1. The Morgan fingerprint density at radius 1 is 0.848 bits per heavy atom. The van der Waals surface area contributed by atoms with Gasteiger partial charge in [0, 0.05) is 35.4 Å². The Morgan fingerprint density at radius 3 is 2.52 bits per heavy atom. The SMILES string of the molecule is Cc1cnc2c(C(F)(F)F)cccc2c1-c1cccc(NCc2cnc3ccccc3c2)c1. The zero-order valence-electron chi connectivity index (χ0n) is 17.8. The first-order valence-corrected chi connectivity index (χ1v) is 10.5. The minimum atomic E-state index is -4.46. The van der Waals surface area contributed by atoms with E-state index in [1.54, 1.807) is 6.07 Å². The summed E-state index contributed by atoms with van der Waals surface area (Å²) in [6.45, 7) is 2.44. The van der Waals surface area contributed by atoms with Crippen LogP contribution >= 0.6 is 0 Å². The topological polar surface area (TPSA) is 37.8 Å². The van der Waals surface area contributed by atoms with Crippen molar-refractivity contribution in [2.75, 3.05) is 5.32 Å². The zero-order chi connectivity index (χ0) is 23.0. The normalized spacial score (nSPS) is 11.8. The first-order valence-electron chi connectivity index (χ1n) is 10.5. The molecule has 0 amide bonds. The van der Waals surface area contributed by atoms with Gasteiger partial charge < -0.3 is 5.32 Å². The molecule has 0 saturated carbocycles. The minimum Gasteiger partial charge on any atom is -0.381 e. The maximum Gasteiger partial charge on any atom is 0.418 e. The van der Waals surface area contributed by atoms with Crippen LogP contribution in [0.3, 0.4) is 0 Å². The third-order valence-corrected chi connectivity index (χ3v) is 5.69. The number of anilines is 1. The van der Waals surface area contributed by atoms with E-state index in [2.05, 4.69) is 21.4 Å². The molecule has 0 aliphatic heterocycles. The van der Waals surface area contributed by atoms with Crippen LogP contribution in [-0.2, 0) is 12.7 Å². The average Bonchev–Trinajstić information content (AvgIpc) is 2.81. The molecular formula is C27H20F3N3. The van der Waals surface area contributed by atoms with Crippen molar-refractivity contribution in [2.45, 2.75) is 19.6 Å². The smallest absolute Gasteiger partial charge is 0.381 e. The van der Waals surface area contributed by atoms with Gasteiger partial charge in [0.25, 0.3) is 0 Å². The van der Waals surface area contributed by atoms with Crippen molar-refractivity contribution in [3.05, 3.63) is 102 Å². The van der Waals surface area contributed by atoms with Crippen LogP contribution in [-0.4, -0.2) is 9.97 Å². The highest BCUT2D eigenvalue weighted by Crippen LogP contribution is 2.38. The molecule has 0 spiro atoms. The third kappa shape index (κ3) is 4.12. The average molecular weight is 443 g/mol. The summed E-state index contributed by atoms with van der Waals surface area (Å²) in [4.78, 5) is 8.61. The third-order valence-electron chi connectivity index (χ3n) is 5.69. The molecule has 0 unspecified atom stereocenters. The van der Waals surface area contributed by atoms with Crippen LogP contribution in [0.25, 0.3) is 32.9 Å². The van der Waals surface area contributed by atoms with E-state index < -0.39 is 11.7 Å². The van der Waals surface area contributed by atoms with E-state index in [4.69, 9.17) is 0 Å². The first-order chi connectivity index (χ1) is 15.9. The van der Waals surface area contributed by atoms with Gasteiger partial charge in [-0.15, -0.1) is 0 Å². The van der Waals surface area contributed by atoms with Gasteiger partial charge >= 0.3 is 6.18 Å². The fraction of sp³-hybridized carbons (Fsp3) is 0.111. The molecule has 5 aromatic rings. The van der Waals surface area contributed by atoms with E-state index in [1.807, 2.05) is 61.7 Å². The Morgan fingerprint density at radius 2 is 1.67 bits per heavy atom. The number of fused-ring (bicyclic) bond motifs is 2. The molecule has 0 saturated heterocycles. The van der Waals surface area contributed by atoms with E-state index in [0.29, 0.717) is 11.9 Å². The van der Waals surface area contributed by atoms with Crippen LogP contribution < -0.4 is 5.32 Å². The van der Waals surface area contributed by atoms with Crippen molar-refractivity contribution in [1.82, 2.24) is 9.97 Å². The predicted molar refractivity (Wildman–Crippen MR) is 126 cm³/mol. The molecule has 6 heteroatoms. The van der Waals surface area contributed by atoms with Crippen LogP contribution in [0, 0.1) is 6.92 Å². The quantitative estimate of drug-likeness (QED) is 0.315. The van der Waals surface area contributed by atoms with Crippen LogP contribution in [0.15, 0.2) is 85.2 Å². The maximum atomic E-state index is 13.5. The fourth-order valence-corrected chi connectivity index (χ4v) is 4.14. The number of nitrogens with zero attached hydrogens (tertiary/aromatic N) is 2. The van der Waals surface area contributed by atoms with Gasteiger partial charge in [-0.3, -0.25) is 9.97 Å². The largest absolute Gasteiger partial charge is 0.418 e. The van der Waals surface area contributed by atoms with Gasteiger partial charge in [-0.1, -0.05) is 42.5 Å². The molecule has 33 heavy (non-hydrogen) atoms. The molecule has 2 heterocycles. The molecule has 0 aliphatic rings. The lowest BCUT2D eigenvalue weighted by Crippen LogP contribution is -2.07. The number of benzene rings is 3. The second kappa shape index (κ2) is 8.20. The fourth-order valence-electron chi connectivity index (χ4n) is 4.14. The molecule has 0 bridgehead atoms.